The van der Waals surface area contributed by atoms with Crippen molar-refractivity contribution in [1.82, 2.24) is 4.72 Å². The molecule has 0 atom stereocenters. The van der Waals surface area contributed by atoms with E-state index in [9.17, 15) is 21.6 Å². The normalized spacial score (nSPS) is 12.1. The summed E-state index contributed by atoms with van der Waals surface area (Å²) in [6.45, 7) is -0.326. The number of alkyl halides is 3. The van der Waals surface area contributed by atoms with Crippen LogP contribution in [0.4, 0.5) is 13.2 Å². The van der Waals surface area contributed by atoms with Crippen LogP contribution >= 0.6 is 0 Å². The second-order valence-electron chi connectivity index (χ2n) is 4.27. The lowest BCUT2D eigenvalue weighted by molar-refractivity contribution is -0.137. The van der Waals surface area contributed by atoms with E-state index in [0.717, 1.165) is 12.1 Å². The zero-order valence-corrected chi connectivity index (χ0v) is 12.0. The Bertz CT molecular complexity index is 713. The number of nitrogens with one attached hydrogen (secondary N) is 1. The molecule has 0 saturated heterocycles. The van der Waals surface area contributed by atoms with Crippen LogP contribution in [0.3, 0.4) is 0 Å². The Kier molecular flexibility index (Phi) is 4.72. The van der Waals surface area contributed by atoms with Gasteiger partial charge >= 0.3 is 6.18 Å². The first-order valence-electron chi connectivity index (χ1n) is 6.14. The molecule has 22 heavy (non-hydrogen) atoms. The summed E-state index contributed by atoms with van der Waals surface area (Å²) < 4.78 is 68.4. The van der Waals surface area contributed by atoms with Crippen LogP contribution in [0.1, 0.15) is 5.56 Å². The third kappa shape index (κ3) is 4.22. The average molecular weight is 331 g/mol. The lowest BCUT2D eigenvalue weighted by Crippen LogP contribution is -2.28. The van der Waals surface area contributed by atoms with Crippen molar-refractivity contribution in [2.45, 2.75) is 11.1 Å². The highest BCUT2D eigenvalue weighted by molar-refractivity contribution is 7.89. The summed E-state index contributed by atoms with van der Waals surface area (Å²) in [5.41, 5.74) is -0.910. The Morgan fingerprint density at radius 1 is 0.955 bits per heavy atom. The summed E-state index contributed by atoms with van der Waals surface area (Å²) in [7, 11) is -3.94. The van der Waals surface area contributed by atoms with Gasteiger partial charge in [-0.25, -0.2) is 8.42 Å². The third-order valence-corrected chi connectivity index (χ3v) is 4.11. The summed E-state index contributed by atoms with van der Waals surface area (Å²) in [5, 5.41) is 0. The van der Waals surface area contributed by atoms with E-state index in [1.807, 2.05) is 0 Å². The summed E-state index contributed by atoms with van der Waals surface area (Å²) in [6.07, 6.45) is -4.51. The Morgan fingerprint density at radius 3 is 2.09 bits per heavy atom. The van der Waals surface area contributed by atoms with E-state index in [-0.39, 0.29) is 11.6 Å². The number of para-hydroxylation sites is 1. The molecular weight excluding hydrogens is 319 g/mol. The molecule has 0 spiro atoms. The maximum Gasteiger partial charge on any atom is 0.416 e. The minimum atomic E-state index is -4.51. The number of benzene rings is 2. The molecule has 8 heteroatoms. The first-order valence-corrected chi connectivity index (χ1v) is 7.62. The molecule has 0 saturated carbocycles. The SMILES string of the molecule is O=S(=O)(NCOc1ccccc1)c1ccc(C(F)(F)F)cc1. The predicted octanol–water partition coefficient (Wildman–Crippen LogP) is 3.02. The van der Waals surface area contributed by atoms with Gasteiger partial charge in [0.05, 0.1) is 10.5 Å². The van der Waals surface area contributed by atoms with Gasteiger partial charge in [-0.15, -0.1) is 0 Å². The van der Waals surface area contributed by atoms with Gasteiger partial charge in [0, 0.05) is 0 Å². The van der Waals surface area contributed by atoms with Crippen LogP contribution < -0.4 is 9.46 Å². The Morgan fingerprint density at radius 2 is 1.55 bits per heavy atom. The van der Waals surface area contributed by atoms with Gasteiger partial charge in [0.1, 0.15) is 5.75 Å². The van der Waals surface area contributed by atoms with Gasteiger partial charge in [-0.05, 0) is 36.4 Å². The Labute approximate surface area is 125 Å². The molecular formula is C14H12F3NO3S. The van der Waals surface area contributed by atoms with Crippen molar-refractivity contribution in [3.05, 3.63) is 60.2 Å². The van der Waals surface area contributed by atoms with Crippen molar-refractivity contribution in [1.29, 1.82) is 0 Å². The zero-order valence-electron chi connectivity index (χ0n) is 11.2. The van der Waals surface area contributed by atoms with Crippen LogP contribution in [-0.2, 0) is 16.2 Å². The average Bonchev–Trinajstić information content (AvgIpc) is 2.47. The number of halogens is 3. The standard InChI is InChI=1S/C14H12F3NO3S/c15-14(16,17)11-6-8-13(9-7-11)22(19,20)18-10-21-12-4-2-1-3-5-12/h1-9,18H,10H2. The predicted molar refractivity (Wildman–Crippen MR) is 73.7 cm³/mol. The fourth-order valence-corrected chi connectivity index (χ4v) is 2.49. The quantitative estimate of drug-likeness (QED) is 0.857. The van der Waals surface area contributed by atoms with E-state index in [0.29, 0.717) is 17.9 Å². The van der Waals surface area contributed by atoms with Crippen LogP contribution in [0.2, 0.25) is 0 Å². The van der Waals surface area contributed by atoms with Crippen molar-refractivity contribution in [3.63, 3.8) is 0 Å². The van der Waals surface area contributed by atoms with Crippen LogP contribution in [0, 0.1) is 0 Å². The van der Waals surface area contributed by atoms with Crippen molar-refractivity contribution in [2.24, 2.45) is 0 Å². The van der Waals surface area contributed by atoms with Crippen LogP contribution in [0.5, 0.6) is 5.75 Å². The molecule has 0 amide bonds. The number of rotatable bonds is 5. The Hall–Kier alpha value is -2.06. The number of hydrogen-bond acceptors (Lipinski definition) is 3. The highest BCUT2D eigenvalue weighted by Crippen LogP contribution is 2.29. The van der Waals surface area contributed by atoms with Crippen molar-refractivity contribution >= 4 is 10.0 Å². The molecule has 2 aromatic carbocycles. The van der Waals surface area contributed by atoms with E-state index < -0.39 is 21.8 Å². The molecule has 0 heterocycles. The van der Waals surface area contributed by atoms with Gasteiger partial charge in [-0.2, -0.15) is 17.9 Å². The lowest BCUT2D eigenvalue weighted by Gasteiger charge is -2.10. The number of sulfonamides is 1. The monoisotopic (exact) mass is 331 g/mol. The Balaban J connectivity index is 2.01. The summed E-state index contributed by atoms with van der Waals surface area (Å²) in [6, 6.07) is 11.7. The molecule has 1 N–H and O–H groups in total. The number of ether oxygens (including phenoxy) is 1. The van der Waals surface area contributed by atoms with Crippen molar-refractivity contribution < 1.29 is 26.3 Å². The number of hydrogen-bond donors (Lipinski definition) is 1. The van der Waals surface area contributed by atoms with Gasteiger partial charge in [-0.1, -0.05) is 18.2 Å². The minimum absolute atomic E-state index is 0.267. The van der Waals surface area contributed by atoms with Crippen molar-refractivity contribution in [3.8, 4) is 5.75 Å². The molecule has 0 radical (unpaired) electrons. The summed E-state index contributed by atoms with van der Waals surface area (Å²) in [5.74, 6) is 0.470. The molecule has 118 valence electrons. The molecule has 0 aromatic heterocycles. The van der Waals surface area contributed by atoms with E-state index >= 15 is 0 Å². The molecule has 0 aliphatic rings. The maximum absolute atomic E-state index is 12.4. The zero-order chi connectivity index (χ0) is 16.2. The molecule has 0 aliphatic carbocycles. The van der Waals surface area contributed by atoms with Crippen LogP contribution in [-0.4, -0.2) is 15.1 Å². The lowest BCUT2D eigenvalue weighted by atomic mass is 10.2. The maximum atomic E-state index is 12.4. The first-order chi connectivity index (χ1) is 10.3. The topological polar surface area (TPSA) is 55.4 Å². The van der Waals surface area contributed by atoms with Gasteiger partial charge in [0.15, 0.2) is 6.73 Å². The van der Waals surface area contributed by atoms with Crippen LogP contribution in [0.15, 0.2) is 59.5 Å². The fourth-order valence-electron chi connectivity index (χ4n) is 1.61. The van der Waals surface area contributed by atoms with E-state index in [2.05, 4.69) is 4.72 Å². The second kappa shape index (κ2) is 6.37. The fraction of sp³-hybridized carbons (Fsp3) is 0.143. The van der Waals surface area contributed by atoms with E-state index in [4.69, 9.17) is 4.74 Å². The molecule has 4 nitrogen and oxygen atoms in total. The molecule has 2 rings (SSSR count). The van der Waals surface area contributed by atoms with E-state index in [1.165, 1.54) is 0 Å². The van der Waals surface area contributed by atoms with Crippen LogP contribution in [0.25, 0.3) is 0 Å². The van der Waals surface area contributed by atoms with Crippen molar-refractivity contribution in [2.75, 3.05) is 6.73 Å². The smallest absolute Gasteiger partial charge is 0.416 e. The molecule has 0 unspecified atom stereocenters. The highest BCUT2D eigenvalue weighted by Gasteiger charge is 2.30. The van der Waals surface area contributed by atoms with Gasteiger partial charge in [-0.3, -0.25) is 0 Å². The molecule has 0 fully saturated rings. The highest BCUT2D eigenvalue weighted by atomic mass is 32.2. The second-order valence-corrected chi connectivity index (χ2v) is 6.04. The third-order valence-electron chi connectivity index (χ3n) is 2.72. The van der Waals surface area contributed by atoms with Gasteiger partial charge in [0.2, 0.25) is 10.0 Å². The molecule has 0 aliphatic heterocycles. The largest absolute Gasteiger partial charge is 0.477 e. The molecule has 2 aromatic rings. The first kappa shape index (κ1) is 16.3. The summed E-state index contributed by atoms with van der Waals surface area (Å²) in [4.78, 5) is -0.267. The summed E-state index contributed by atoms with van der Waals surface area (Å²) >= 11 is 0. The van der Waals surface area contributed by atoms with Gasteiger partial charge in [0.25, 0.3) is 0 Å². The molecule has 0 bridgehead atoms. The van der Waals surface area contributed by atoms with E-state index in [1.54, 1.807) is 30.3 Å². The minimum Gasteiger partial charge on any atom is -0.477 e. The van der Waals surface area contributed by atoms with Gasteiger partial charge < -0.3 is 4.74 Å².